The van der Waals surface area contributed by atoms with Crippen molar-refractivity contribution >= 4 is 11.0 Å². The van der Waals surface area contributed by atoms with Crippen LogP contribution in [0.5, 0.6) is 5.75 Å². The molecule has 0 amide bonds. The van der Waals surface area contributed by atoms with Crippen LogP contribution in [0.1, 0.15) is 17.0 Å². The predicted octanol–water partition coefficient (Wildman–Crippen LogP) is 4.75. The molecule has 126 valence electrons. The van der Waals surface area contributed by atoms with Crippen molar-refractivity contribution < 1.29 is 17.9 Å². The minimum absolute atomic E-state index is 0.0721. The lowest BCUT2D eigenvalue weighted by Gasteiger charge is -2.13. The van der Waals surface area contributed by atoms with E-state index in [9.17, 15) is 13.2 Å². The fraction of sp³-hybridized carbons (Fsp3) is 0.278. The van der Waals surface area contributed by atoms with Gasteiger partial charge in [-0.05, 0) is 37.6 Å². The van der Waals surface area contributed by atoms with Gasteiger partial charge in [-0.15, -0.1) is 0 Å². The first kappa shape index (κ1) is 16.4. The van der Waals surface area contributed by atoms with Crippen molar-refractivity contribution in [1.82, 2.24) is 9.55 Å². The van der Waals surface area contributed by atoms with E-state index < -0.39 is 12.0 Å². The Morgan fingerprint density at radius 3 is 2.54 bits per heavy atom. The summed E-state index contributed by atoms with van der Waals surface area (Å²) < 4.78 is 46.5. The number of halogens is 3. The number of hydrogen-bond donors (Lipinski definition) is 0. The highest BCUT2D eigenvalue weighted by Gasteiger charge is 2.37. The molecule has 0 N–H and O–H groups in total. The molecule has 6 heteroatoms. The van der Waals surface area contributed by atoms with Gasteiger partial charge in [-0.1, -0.05) is 29.8 Å². The lowest BCUT2D eigenvalue weighted by Crippen LogP contribution is -2.18. The second-order valence-electron chi connectivity index (χ2n) is 5.69. The van der Waals surface area contributed by atoms with Gasteiger partial charge in [0.1, 0.15) is 12.4 Å². The summed E-state index contributed by atoms with van der Waals surface area (Å²) >= 11 is 0. The zero-order valence-corrected chi connectivity index (χ0v) is 13.4. The highest BCUT2D eigenvalue weighted by atomic mass is 19.4. The first-order chi connectivity index (χ1) is 11.4. The molecular formula is C18H17F3N2O. The molecule has 1 aromatic heterocycles. The number of ether oxygens (including phenoxy) is 1. The number of imidazole rings is 1. The largest absolute Gasteiger partial charge is 0.491 e. The molecule has 0 aliphatic carbocycles. The van der Waals surface area contributed by atoms with Crippen LogP contribution in [0.25, 0.3) is 11.0 Å². The minimum Gasteiger partial charge on any atom is -0.491 e. The summed E-state index contributed by atoms with van der Waals surface area (Å²) in [6.45, 7) is 4.09. The number of para-hydroxylation sites is 2. The molecule has 0 atom stereocenters. The van der Waals surface area contributed by atoms with Crippen molar-refractivity contribution in [1.29, 1.82) is 0 Å². The van der Waals surface area contributed by atoms with Gasteiger partial charge in [0.05, 0.1) is 17.6 Å². The van der Waals surface area contributed by atoms with E-state index in [4.69, 9.17) is 4.74 Å². The van der Waals surface area contributed by atoms with E-state index in [0.29, 0.717) is 16.8 Å². The molecule has 0 saturated heterocycles. The maximum absolute atomic E-state index is 13.2. The first-order valence-electron chi connectivity index (χ1n) is 7.59. The summed E-state index contributed by atoms with van der Waals surface area (Å²) in [6, 6.07) is 12.3. The Bertz CT molecular complexity index is 868. The van der Waals surface area contributed by atoms with Gasteiger partial charge in [-0.3, -0.25) is 0 Å². The number of alkyl halides is 3. The van der Waals surface area contributed by atoms with Crippen LogP contribution in [-0.4, -0.2) is 16.2 Å². The van der Waals surface area contributed by atoms with Crippen molar-refractivity contribution in [2.24, 2.45) is 0 Å². The van der Waals surface area contributed by atoms with E-state index in [1.807, 2.05) is 32.0 Å². The molecule has 0 aliphatic heterocycles. The van der Waals surface area contributed by atoms with E-state index in [1.165, 1.54) is 4.57 Å². The summed E-state index contributed by atoms with van der Waals surface area (Å²) in [5.74, 6) is -0.216. The summed E-state index contributed by atoms with van der Waals surface area (Å²) in [5.41, 5.74) is 2.85. The third-order valence-electron chi connectivity index (χ3n) is 3.81. The third-order valence-corrected chi connectivity index (χ3v) is 3.81. The quantitative estimate of drug-likeness (QED) is 0.688. The van der Waals surface area contributed by atoms with Crippen molar-refractivity contribution in [3.05, 3.63) is 59.4 Å². The summed E-state index contributed by atoms with van der Waals surface area (Å²) in [5, 5.41) is 0. The molecular weight excluding hydrogens is 317 g/mol. The molecule has 24 heavy (non-hydrogen) atoms. The van der Waals surface area contributed by atoms with Gasteiger partial charge in [0.15, 0.2) is 0 Å². The van der Waals surface area contributed by atoms with E-state index >= 15 is 0 Å². The smallest absolute Gasteiger partial charge is 0.449 e. The van der Waals surface area contributed by atoms with Gasteiger partial charge in [-0.25, -0.2) is 4.98 Å². The molecule has 0 radical (unpaired) electrons. The van der Waals surface area contributed by atoms with Crippen LogP contribution in [-0.2, 0) is 12.7 Å². The van der Waals surface area contributed by atoms with Crippen LogP contribution in [0.2, 0.25) is 0 Å². The summed E-state index contributed by atoms with van der Waals surface area (Å²) in [4.78, 5) is 3.72. The molecule has 0 spiro atoms. The molecule has 3 nitrogen and oxygen atoms in total. The average Bonchev–Trinajstić information content (AvgIpc) is 2.89. The van der Waals surface area contributed by atoms with Gasteiger partial charge in [0, 0.05) is 0 Å². The van der Waals surface area contributed by atoms with Crippen LogP contribution in [0.15, 0.2) is 42.5 Å². The Morgan fingerprint density at radius 2 is 1.83 bits per heavy atom. The fourth-order valence-corrected chi connectivity index (χ4v) is 2.73. The average molecular weight is 334 g/mol. The zero-order valence-electron chi connectivity index (χ0n) is 13.4. The van der Waals surface area contributed by atoms with Crippen LogP contribution >= 0.6 is 0 Å². The van der Waals surface area contributed by atoms with Crippen molar-refractivity contribution in [3.8, 4) is 5.75 Å². The van der Waals surface area contributed by atoms with Crippen molar-refractivity contribution in [2.45, 2.75) is 26.6 Å². The van der Waals surface area contributed by atoms with E-state index in [-0.39, 0.29) is 13.2 Å². The molecule has 0 saturated carbocycles. The Hall–Kier alpha value is -2.50. The molecule has 3 aromatic rings. The molecule has 3 rings (SSSR count). The van der Waals surface area contributed by atoms with Gasteiger partial charge in [0.25, 0.3) is 0 Å². The lowest BCUT2D eigenvalue weighted by molar-refractivity contribution is -0.147. The van der Waals surface area contributed by atoms with Crippen molar-refractivity contribution in [2.75, 3.05) is 6.61 Å². The van der Waals surface area contributed by atoms with Gasteiger partial charge < -0.3 is 9.30 Å². The Balaban J connectivity index is 1.84. The van der Waals surface area contributed by atoms with Crippen LogP contribution in [0.4, 0.5) is 13.2 Å². The number of fused-ring (bicyclic) bond motifs is 1. The van der Waals surface area contributed by atoms with Crippen LogP contribution < -0.4 is 4.74 Å². The second-order valence-corrected chi connectivity index (χ2v) is 5.69. The van der Waals surface area contributed by atoms with Crippen molar-refractivity contribution in [3.63, 3.8) is 0 Å². The van der Waals surface area contributed by atoms with E-state index in [1.54, 1.807) is 24.3 Å². The normalized spacial score (nSPS) is 11.9. The summed E-state index contributed by atoms with van der Waals surface area (Å²) in [6.07, 6.45) is -4.50. The second kappa shape index (κ2) is 6.19. The topological polar surface area (TPSA) is 27.1 Å². The predicted molar refractivity (Wildman–Crippen MR) is 86.1 cm³/mol. The molecule has 0 fully saturated rings. The highest BCUT2D eigenvalue weighted by molar-refractivity contribution is 5.76. The van der Waals surface area contributed by atoms with Crippen LogP contribution in [0, 0.1) is 13.8 Å². The Morgan fingerprint density at radius 1 is 1.08 bits per heavy atom. The maximum Gasteiger partial charge on any atom is 0.449 e. The number of hydrogen-bond acceptors (Lipinski definition) is 2. The standard InChI is InChI=1S/C18H17F3N2O/c1-12-7-8-16(13(2)11-12)24-10-9-23-15-6-4-3-5-14(15)22-17(23)18(19,20)21/h3-8,11H,9-10H2,1-2H3. The van der Waals surface area contributed by atoms with Gasteiger partial charge in [-0.2, -0.15) is 13.2 Å². The first-order valence-corrected chi connectivity index (χ1v) is 7.59. The molecule has 0 aliphatic rings. The fourth-order valence-electron chi connectivity index (χ4n) is 2.73. The number of rotatable bonds is 4. The molecule has 2 aromatic carbocycles. The summed E-state index contributed by atoms with van der Waals surface area (Å²) in [7, 11) is 0. The number of aromatic nitrogens is 2. The van der Waals surface area contributed by atoms with Gasteiger partial charge >= 0.3 is 6.18 Å². The van der Waals surface area contributed by atoms with Crippen LogP contribution in [0.3, 0.4) is 0 Å². The third kappa shape index (κ3) is 3.22. The number of nitrogens with zero attached hydrogens (tertiary/aromatic N) is 2. The van der Waals surface area contributed by atoms with Gasteiger partial charge in [0.2, 0.25) is 5.82 Å². The molecule has 0 bridgehead atoms. The molecule has 1 heterocycles. The number of aryl methyl sites for hydroxylation is 2. The maximum atomic E-state index is 13.2. The SMILES string of the molecule is Cc1ccc(OCCn2c(C(F)(F)F)nc3ccccc32)c(C)c1. The highest BCUT2D eigenvalue weighted by Crippen LogP contribution is 2.31. The molecule has 0 unspecified atom stereocenters. The lowest BCUT2D eigenvalue weighted by atomic mass is 10.1. The monoisotopic (exact) mass is 334 g/mol. The minimum atomic E-state index is -4.50. The van der Waals surface area contributed by atoms with E-state index in [2.05, 4.69) is 4.98 Å². The zero-order chi connectivity index (χ0) is 17.3. The Labute approximate surface area is 137 Å². The van der Waals surface area contributed by atoms with E-state index in [0.717, 1.165) is 11.1 Å². The number of benzene rings is 2. The Kier molecular flexibility index (Phi) is 4.22.